The number of amides is 3. The van der Waals surface area contributed by atoms with Gasteiger partial charge in [0.2, 0.25) is 11.8 Å². The van der Waals surface area contributed by atoms with Crippen LogP contribution in [0.1, 0.15) is 76.0 Å². The molecule has 3 aromatic rings. The summed E-state index contributed by atoms with van der Waals surface area (Å²) in [6.07, 6.45) is 7.03. The molecule has 1 saturated carbocycles. The monoisotopic (exact) mass is 581 g/mol. The predicted octanol–water partition coefficient (Wildman–Crippen LogP) is 6.38. The molecule has 3 aromatic carbocycles. The largest absolute Gasteiger partial charge is 0.444 e. The van der Waals surface area contributed by atoms with Crippen LogP contribution >= 0.6 is 0 Å². The van der Waals surface area contributed by atoms with Crippen molar-refractivity contribution >= 4 is 17.9 Å². The van der Waals surface area contributed by atoms with Gasteiger partial charge in [0.1, 0.15) is 11.1 Å². The molecule has 0 aromatic heterocycles. The lowest BCUT2D eigenvalue weighted by Gasteiger charge is -2.37. The van der Waals surface area contributed by atoms with Crippen molar-refractivity contribution in [2.45, 2.75) is 82.5 Å². The lowest BCUT2D eigenvalue weighted by Crippen LogP contribution is -2.48. The van der Waals surface area contributed by atoms with Crippen LogP contribution in [0.4, 0.5) is 4.79 Å². The Labute approximate surface area is 255 Å². The molecule has 0 unspecified atom stereocenters. The van der Waals surface area contributed by atoms with Crippen LogP contribution in [0, 0.1) is 0 Å². The zero-order chi connectivity index (χ0) is 30.7. The van der Waals surface area contributed by atoms with Crippen molar-refractivity contribution in [1.82, 2.24) is 16.0 Å². The van der Waals surface area contributed by atoms with Crippen molar-refractivity contribution in [2.75, 3.05) is 0 Å². The number of carbonyl (C=O) groups is 3. The van der Waals surface area contributed by atoms with Gasteiger partial charge in [-0.3, -0.25) is 9.59 Å². The number of rotatable bonds is 11. The van der Waals surface area contributed by atoms with E-state index in [1.165, 1.54) is 6.08 Å². The number of hydrogen-bond donors (Lipinski definition) is 3. The molecule has 3 amide bonds. The first kappa shape index (κ1) is 31.5. The van der Waals surface area contributed by atoms with Crippen LogP contribution in [0.2, 0.25) is 0 Å². The third-order valence-electron chi connectivity index (χ3n) is 7.51. The summed E-state index contributed by atoms with van der Waals surface area (Å²) < 4.78 is 5.46. The van der Waals surface area contributed by atoms with Gasteiger partial charge in [-0.1, -0.05) is 110 Å². The Balaban J connectivity index is 1.56. The van der Waals surface area contributed by atoms with E-state index in [2.05, 4.69) is 16.0 Å². The second-order valence-electron chi connectivity index (χ2n) is 12.0. The van der Waals surface area contributed by atoms with E-state index < -0.39 is 23.3 Å². The maximum Gasteiger partial charge on any atom is 0.408 e. The fourth-order valence-corrected chi connectivity index (χ4v) is 5.54. The number of benzene rings is 3. The molecule has 1 aliphatic carbocycles. The molecule has 226 valence electrons. The van der Waals surface area contributed by atoms with Gasteiger partial charge in [-0.05, 0) is 56.7 Å². The van der Waals surface area contributed by atoms with Gasteiger partial charge in [0.05, 0.1) is 6.04 Å². The second-order valence-corrected chi connectivity index (χ2v) is 12.0. The molecule has 0 bridgehead atoms. The average molecular weight is 582 g/mol. The zero-order valence-electron chi connectivity index (χ0n) is 25.3. The van der Waals surface area contributed by atoms with Crippen LogP contribution in [0.3, 0.4) is 0 Å². The molecule has 0 saturated heterocycles. The van der Waals surface area contributed by atoms with Crippen molar-refractivity contribution in [3.05, 3.63) is 120 Å². The molecule has 1 atom stereocenters. The molecular weight excluding hydrogens is 538 g/mol. The quantitative estimate of drug-likeness (QED) is 0.181. The second kappa shape index (κ2) is 14.7. The van der Waals surface area contributed by atoms with E-state index in [0.29, 0.717) is 0 Å². The number of nitrogens with one attached hydrogen (secondary N) is 3. The summed E-state index contributed by atoms with van der Waals surface area (Å²) in [5, 5.41) is 9.21. The molecule has 1 fully saturated rings. The van der Waals surface area contributed by atoms with Crippen molar-refractivity contribution < 1.29 is 19.1 Å². The highest BCUT2D eigenvalue weighted by molar-refractivity contribution is 5.88. The lowest BCUT2D eigenvalue weighted by molar-refractivity contribution is -0.122. The van der Waals surface area contributed by atoms with E-state index in [9.17, 15) is 14.4 Å². The van der Waals surface area contributed by atoms with Crippen LogP contribution in [0.15, 0.2) is 103 Å². The minimum atomic E-state index is -0.939. The minimum Gasteiger partial charge on any atom is -0.444 e. The van der Waals surface area contributed by atoms with Crippen molar-refractivity contribution in [3.8, 4) is 0 Å². The fraction of sp³-hybridized carbons (Fsp3) is 0.361. The Hall–Kier alpha value is -4.39. The maximum absolute atomic E-state index is 13.8. The number of hydrogen-bond acceptors (Lipinski definition) is 4. The minimum absolute atomic E-state index is 0.100. The van der Waals surface area contributed by atoms with Crippen LogP contribution in [-0.2, 0) is 19.9 Å². The Morgan fingerprint density at radius 1 is 0.814 bits per heavy atom. The summed E-state index contributed by atoms with van der Waals surface area (Å²) in [4.78, 5) is 39.1. The molecular formula is C36H43N3O4. The molecule has 0 aliphatic heterocycles. The summed E-state index contributed by atoms with van der Waals surface area (Å²) >= 11 is 0. The standard InChI is InChI=1S/C36H43N3O4/c1-35(2,3)43-34(42)38-31(23-25-32(40)37-30-21-13-14-22-30)24-26-33(41)39-36(27-15-7-4-8-16-27,28-17-9-5-10-18-28)29-19-11-6-12-20-29/h4-12,15-20,23,25,30-31H,13-14,21-22,24,26H2,1-3H3,(H,37,40)(H,38,42)(H,39,41)/b25-23+/t31-/m1/s1. The van der Waals surface area contributed by atoms with Gasteiger partial charge in [0.15, 0.2) is 0 Å². The van der Waals surface area contributed by atoms with Crippen LogP contribution in [0.5, 0.6) is 0 Å². The van der Waals surface area contributed by atoms with E-state index in [1.807, 2.05) is 91.0 Å². The summed E-state index contributed by atoms with van der Waals surface area (Å²) in [6.45, 7) is 5.36. The van der Waals surface area contributed by atoms with Gasteiger partial charge >= 0.3 is 6.09 Å². The molecule has 7 heteroatoms. The molecule has 0 heterocycles. The van der Waals surface area contributed by atoms with Gasteiger partial charge in [0.25, 0.3) is 0 Å². The Bertz CT molecular complexity index is 1270. The van der Waals surface area contributed by atoms with Gasteiger partial charge < -0.3 is 20.7 Å². The molecule has 0 radical (unpaired) electrons. The van der Waals surface area contributed by atoms with Gasteiger partial charge in [-0.2, -0.15) is 0 Å². The van der Waals surface area contributed by atoms with E-state index in [4.69, 9.17) is 4.74 Å². The SMILES string of the molecule is CC(C)(C)OC(=O)N[C@H](/C=C/C(=O)NC1CCCC1)CCC(=O)NC(c1ccccc1)(c1ccccc1)c1ccccc1. The first-order valence-electron chi connectivity index (χ1n) is 15.1. The number of ether oxygens (including phenoxy) is 1. The van der Waals surface area contributed by atoms with Gasteiger partial charge in [-0.15, -0.1) is 0 Å². The topological polar surface area (TPSA) is 96.5 Å². The first-order valence-corrected chi connectivity index (χ1v) is 15.1. The normalized spacial score (nSPS) is 14.7. The van der Waals surface area contributed by atoms with E-state index in [-0.39, 0.29) is 30.7 Å². The average Bonchev–Trinajstić information content (AvgIpc) is 3.50. The summed E-state index contributed by atoms with van der Waals surface area (Å²) in [5.74, 6) is -0.403. The van der Waals surface area contributed by atoms with Crippen LogP contribution in [0.25, 0.3) is 0 Å². The summed E-state index contributed by atoms with van der Waals surface area (Å²) in [5.41, 5.74) is 1.15. The summed E-state index contributed by atoms with van der Waals surface area (Å²) in [6, 6.07) is 29.3. The predicted molar refractivity (Wildman–Crippen MR) is 169 cm³/mol. The Morgan fingerprint density at radius 3 is 1.77 bits per heavy atom. The Kier molecular flexibility index (Phi) is 10.8. The smallest absolute Gasteiger partial charge is 0.408 e. The highest BCUT2D eigenvalue weighted by atomic mass is 16.6. The molecule has 7 nitrogen and oxygen atoms in total. The van der Waals surface area contributed by atoms with Crippen LogP contribution < -0.4 is 16.0 Å². The van der Waals surface area contributed by atoms with Crippen molar-refractivity contribution in [3.63, 3.8) is 0 Å². The molecule has 43 heavy (non-hydrogen) atoms. The highest BCUT2D eigenvalue weighted by Crippen LogP contribution is 2.37. The van der Waals surface area contributed by atoms with E-state index >= 15 is 0 Å². The number of alkyl carbamates (subject to hydrolysis) is 1. The molecule has 1 aliphatic rings. The van der Waals surface area contributed by atoms with Gasteiger partial charge in [0, 0.05) is 18.5 Å². The van der Waals surface area contributed by atoms with Gasteiger partial charge in [-0.25, -0.2) is 4.79 Å². The molecule has 4 rings (SSSR count). The van der Waals surface area contributed by atoms with Crippen LogP contribution in [-0.4, -0.2) is 35.6 Å². The zero-order valence-corrected chi connectivity index (χ0v) is 25.3. The summed E-state index contributed by atoms with van der Waals surface area (Å²) in [7, 11) is 0. The van der Waals surface area contributed by atoms with Crippen molar-refractivity contribution in [1.29, 1.82) is 0 Å². The highest BCUT2D eigenvalue weighted by Gasteiger charge is 2.37. The van der Waals surface area contributed by atoms with E-state index in [1.54, 1.807) is 26.8 Å². The fourth-order valence-electron chi connectivity index (χ4n) is 5.54. The molecule has 3 N–H and O–H groups in total. The Morgan fingerprint density at radius 2 is 1.30 bits per heavy atom. The maximum atomic E-state index is 13.8. The molecule has 0 spiro atoms. The van der Waals surface area contributed by atoms with Crippen molar-refractivity contribution in [2.24, 2.45) is 0 Å². The lowest BCUT2D eigenvalue weighted by atomic mass is 9.77. The third-order valence-corrected chi connectivity index (χ3v) is 7.51. The third kappa shape index (κ3) is 9.05. The first-order chi connectivity index (χ1) is 20.7. The number of carbonyl (C=O) groups excluding carboxylic acids is 3. The van der Waals surface area contributed by atoms with E-state index in [0.717, 1.165) is 42.4 Å².